The summed E-state index contributed by atoms with van der Waals surface area (Å²) >= 11 is 0. The van der Waals surface area contributed by atoms with Gasteiger partial charge in [0, 0.05) is 20.3 Å². The maximum absolute atomic E-state index is 12.0. The first-order valence-electron chi connectivity index (χ1n) is 7.15. The molecule has 0 saturated carbocycles. The molecule has 0 bridgehead atoms. The molecule has 1 fully saturated rings. The number of nitrogens with zero attached hydrogens (tertiary/aromatic N) is 1. The molecule has 6 nitrogen and oxygen atoms in total. The Hall–Kier alpha value is -1.14. The van der Waals surface area contributed by atoms with E-state index in [2.05, 4.69) is 10.2 Å². The van der Waals surface area contributed by atoms with Crippen LogP contribution < -0.4 is 5.32 Å². The largest absolute Gasteiger partial charge is 0.481 e. The second kappa shape index (κ2) is 7.59. The third-order valence-corrected chi connectivity index (χ3v) is 4.17. The molecule has 1 atom stereocenters. The first kappa shape index (κ1) is 16.9. The van der Waals surface area contributed by atoms with Gasteiger partial charge in [-0.2, -0.15) is 0 Å². The molecule has 6 heteroatoms. The minimum Gasteiger partial charge on any atom is -0.481 e. The SMILES string of the molecule is COCCCNC(=O)C(C)N1CCC(C)(C(=O)O)CC1. The van der Waals surface area contributed by atoms with E-state index < -0.39 is 11.4 Å². The molecule has 1 amide bonds. The number of nitrogens with one attached hydrogen (secondary N) is 1. The number of methoxy groups -OCH3 is 1. The van der Waals surface area contributed by atoms with Crippen molar-refractivity contribution in [3.05, 3.63) is 0 Å². The van der Waals surface area contributed by atoms with Crippen molar-refractivity contribution in [2.45, 2.75) is 39.2 Å². The monoisotopic (exact) mass is 286 g/mol. The topological polar surface area (TPSA) is 78.9 Å². The predicted molar refractivity (Wildman–Crippen MR) is 75.5 cm³/mol. The molecule has 0 aromatic carbocycles. The number of carbonyl (C=O) groups excluding carboxylic acids is 1. The van der Waals surface area contributed by atoms with Gasteiger partial charge in [0.05, 0.1) is 11.5 Å². The van der Waals surface area contributed by atoms with Crippen molar-refractivity contribution in [3.8, 4) is 0 Å². The fourth-order valence-electron chi connectivity index (χ4n) is 2.36. The lowest BCUT2D eigenvalue weighted by Gasteiger charge is -2.38. The van der Waals surface area contributed by atoms with Gasteiger partial charge in [0.2, 0.25) is 5.91 Å². The van der Waals surface area contributed by atoms with Gasteiger partial charge in [0.1, 0.15) is 0 Å². The molecule has 0 spiro atoms. The van der Waals surface area contributed by atoms with Crippen molar-refractivity contribution in [1.29, 1.82) is 0 Å². The molecule has 116 valence electrons. The number of carbonyl (C=O) groups is 2. The normalized spacial score (nSPS) is 20.4. The Bertz CT molecular complexity index is 338. The molecule has 1 saturated heterocycles. The Labute approximate surface area is 120 Å². The summed E-state index contributed by atoms with van der Waals surface area (Å²) in [6.45, 7) is 6.19. The van der Waals surface area contributed by atoms with Gasteiger partial charge in [0.25, 0.3) is 0 Å². The Balaban J connectivity index is 2.36. The quantitative estimate of drug-likeness (QED) is 0.674. The van der Waals surface area contributed by atoms with Gasteiger partial charge in [-0.3, -0.25) is 14.5 Å². The van der Waals surface area contributed by atoms with Crippen LogP contribution in [0.25, 0.3) is 0 Å². The van der Waals surface area contributed by atoms with E-state index in [1.807, 2.05) is 6.92 Å². The third kappa shape index (κ3) is 4.45. The number of hydrogen-bond donors (Lipinski definition) is 2. The predicted octanol–water partition coefficient (Wildman–Crippen LogP) is 0.714. The van der Waals surface area contributed by atoms with E-state index in [-0.39, 0.29) is 11.9 Å². The van der Waals surface area contributed by atoms with Crippen molar-refractivity contribution in [3.63, 3.8) is 0 Å². The number of piperidine rings is 1. The van der Waals surface area contributed by atoms with Gasteiger partial charge in [-0.25, -0.2) is 0 Å². The average Bonchev–Trinajstić information content (AvgIpc) is 2.43. The zero-order chi connectivity index (χ0) is 15.2. The summed E-state index contributed by atoms with van der Waals surface area (Å²) in [5.41, 5.74) is -0.648. The molecule has 1 aliphatic heterocycles. The van der Waals surface area contributed by atoms with Gasteiger partial charge in [-0.05, 0) is 46.2 Å². The Morgan fingerprint density at radius 1 is 1.40 bits per heavy atom. The molecule has 0 aliphatic carbocycles. The average molecular weight is 286 g/mol. The van der Waals surface area contributed by atoms with E-state index >= 15 is 0 Å². The van der Waals surface area contributed by atoms with Crippen LogP contribution in [0.1, 0.15) is 33.1 Å². The van der Waals surface area contributed by atoms with E-state index in [4.69, 9.17) is 4.74 Å². The summed E-state index contributed by atoms with van der Waals surface area (Å²) in [5.74, 6) is -0.742. The number of hydrogen-bond acceptors (Lipinski definition) is 4. The molecule has 2 N–H and O–H groups in total. The summed E-state index contributed by atoms with van der Waals surface area (Å²) < 4.78 is 4.93. The van der Waals surface area contributed by atoms with Gasteiger partial charge >= 0.3 is 5.97 Å². The van der Waals surface area contributed by atoms with Crippen LogP contribution in [0.4, 0.5) is 0 Å². The van der Waals surface area contributed by atoms with Crippen LogP contribution in [0.5, 0.6) is 0 Å². The summed E-state index contributed by atoms with van der Waals surface area (Å²) in [7, 11) is 1.64. The van der Waals surface area contributed by atoms with Crippen LogP contribution in [-0.2, 0) is 14.3 Å². The second-order valence-electron chi connectivity index (χ2n) is 5.72. The fraction of sp³-hybridized carbons (Fsp3) is 0.857. The molecule has 1 unspecified atom stereocenters. The van der Waals surface area contributed by atoms with Crippen molar-refractivity contribution in [1.82, 2.24) is 10.2 Å². The third-order valence-electron chi connectivity index (χ3n) is 4.17. The van der Waals surface area contributed by atoms with Gasteiger partial charge in [-0.1, -0.05) is 0 Å². The minimum absolute atomic E-state index is 0.0000288. The number of carboxylic acid groups (broad SMARTS) is 1. The molecule has 20 heavy (non-hydrogen) atoms. The lowest BCUT2D eigenvalue weighted by Crippen LogP contribution is -2.51. The maximum atomic E-state index is 12.0. The number of rotatable bonds is 7. The lowest BCUT2D eigenvalue weighted by molar-refractivity contribution is -0.151. The van der Waals surface area contributed by atoms with Crippen molar-refractivity contribution < 1.29 is 19.4 Å². The molecule has 1 aliphatic rings. The lowest BCUT2D eigenvalue weighted by atomic mass is 9.80. The first-order chi connectivity index (χ1) is 9.40. The van der Waals surface area contributed by atoms with E-state index in [1.165, 1.54) is 0 Å². The summed E-state index contributed by atoms with van der Waals surface area (Å²) in [4.78, 5) is 25.2. The molecule has 0 aromatic rings. The number of carboxylic acids is 1. The molecular formula is C14H26N2O4. The molecule has 0 radical (unpaired) electrons. The van der Waals surface area contributed by atoms with Crippen molar-refractivity contribution in [2.75, 3.05) is 33.4 Å². The number of likely N-dealkylation sites (tertiary alicyclic amines) is 1. The zero-order valence-corrected chi connectivity index (χ0v) is 12.6. The van der Waals surface area contributed by atoms with E-state index in [0.29, 0.717) is 39.1 Å². The van der Waals surface area contributed by atoms with E-state index in [9.17, 15) is 14.7 Å². The van der Waals surface area contributed by atoms with Crippen LogP contribution in [0, 0.1) is 5.41 Å². The summed E-state index contributed by atoms with van der Waals surface area (Å²) in [6.07, 6.45) is 1.97. The van der Waals surface area contributed by atoms with Crippen LogP contribution in [0.3, 0.4) is 0 Å². The number of aliphatic carboxylic acids is 1. The standard InChI is InChI=1S/C14H26N2O4/c1-11(12(17)15-7-4-10-20-3)16-8-5-14(2,6-9-16)13(18)19/h11H,4-10H2,1-3H3,(H,15,17)(H,18,19). The van der Waals surface area contributed by atoms with Gasteiger partial charge < -0.3 is 15.2 Å². The first-order valence-corrected chi connectivity index (χ1v) is 7.15. The molecular weight excluding hydrogens is 260 g/mol. The smallest absolute Gasteiger partial charge is 0.309 e. The highest BCUT2D eigenvalue weighted by atomic mass is 16.5. The highest BCUT2D eigenvalue weighted by molar-refractivity contribution is 5.81. The zero-order valence-electron chi connectivity index (χ0n) is 12.6. The molecule has 1 rings (SSSR count). The van der Waals surface area contributed by atoms with Crippen LogP contribution in [-0.4, -0.2) is 61.3 Å². The second-order valence-corrected chi connectivity index (χ2v) is 5.72. The summed E-state index contributed by atoms with van der Waals surface area (Å²) in [5, 5.41) is 12.1. The minimum atomic E-state index is -0.742. The van der Waals surface area contributed by atoms with Crippen molar-refractivity contribution >= 4 is 11.9 Å². The highest BCUT2D eigenvalue weighted by Crippen LogP contribution is 2.31. The Morgan fingerprint density at radius 3 is 2.50 bits per heavy atom. The van der Waals surface area contributed by atoms with E-state index in [1.54, 1.807) is 14.0 Å². The van der Waals surface area contributed by atoms with Gasteiger partial charge in [-0.15, -0.1) is 0 Å². The number of ether oxygens (including phenoxy) is 1. The van der Waals surface area contributed by atoms with E-state index in [0.717, 1.165) is 6.42 Å². The van der Waals surface area contributed by atoms with Crippen LogP contribution in [0.2, 0.25) is 0 Å². The Kier molecular flexibility index (Phi) is 6.42. The number of amides is 1. The van der Waals surface area contributed by atoms with Crippen LogP contribution in [0.15, 0.2) is 0 Å². The fourth-order valence-corrected chi connectivity index (χ4v) is 2.36. The van der Waals surface area contributed by atoms with Gasteiger partial charge in [0.15, 0.2) is 0 Å². The maximum Gasteiger partial charge on any atom is 0.309 e. The molecule has 0 aromatic heterocycles. The van der Waals surface area contributed by atoms with Crippen molar-refractivity contribution in [2.24, 2.45) is 5.41 Å². The van der Waals surface area contributed by atoms with Crippen LogP contribution >= 0.6 is 0 Å². The molecule has 1 heterocycles. The highest BCUT2D eigenvalue weighted by Gasteiger charge is 2.38. The Morgan fingerprint density at radius 2 is 2.00 bits per heavy atom. The summed E-state index contributed by atoms with van der Waals surface area (Å²) in [6, 6.07) is -0.212.